The van der Waals surface area contributed by atoms with Crippen molar-refractivity contribution in [2.45, 2.75) is 32.2 Å². The highest BCUT2D eigenvalue weighted by atomic mass is 35.5. The number of likely N-dealkylation sites (tertiary alicyclic amines) is 1. The molecule has 114 valence electrons. The van der Waals surface area contributed by atoms with Crippen LogP contribution < -0.4 is 5.73 Å². The van der Waals surface area contributed by atoms with Gasteiger partial charge < -0.3 is 5.73 Å². The van der Waals surface area contributed by atoms with Crippen LogP contribution in [0.3, 0.4) is 0 Å². The SMILES string of the molecule is Cc1ccc(C2(C)CCN(Cc3cnc(N)s3)C2)cc1.Cl. The monoisotopic (exact) mass is 323 g/mol. The van der Waals surface area contributed by atoms with Crippen LogP contribution in [0.25, 0.3) is 0 Å². The summed E-state index contributed by atoms with van der Waals surface area (Å²) in [5.41, 5.74) is 8.75. The predicted molar refractivity (Wildman–Crippen MR) is 92.2 cm³/mol. The molecule has 2 heterocycles. The van der Waals surface area contributed by atoms with Crippen LogP contribution in [0.15, 0.2) is 30.5 Å². The first-order chi connectivity index (χ1) is 9.55. The van der Waals surface area contributed by atoms with Crippen molar-refractivity contribution >= 4 is 28.9 Å². The van der Waals surface area contributed by atoms with Crippen molar-refractivity contribution in [3.05, 3.63) is 46.5 Å². The molecule has 3 rings (SSSR count). The maximum absolute atomic E-state index is 5.70. The van der Waals surface area contributed by atoms with Crippen LogP contribution in [0.2, 0.25) is 0 Å². The van der Waals surface area contributed by atoms with Gasteiger partial charge >= 0.3 is 0 Å². The van der Waals surface area contributed by atoms with Crippen molar-refractivity contribution in [3.8, 4) is 0 Å². The van der Waals surface area contributed by atoms with E-state index in [2.05, 4.69) is 48.0 Å². The highest BCUT2D eigenvalue weighted by Gasteiger charge is 2.35. The second-order valence-corrected chi connectivity index (χ2v) is 7.20. The van der Waals surface area contributed by atoms with E-state index in [4.69, 9.17) is 5.73 Å². The Balaban J connectivity index is 0.00000161. The van der Waals surface area contributed by atoms with E-state index in [1.165, 1.54) is 22.4 Å². The van der Waals surface area contributed by atoms with E-state index < -0.39 is 0 Å². The van der Waals surface area contributed by atoms with Gasteiger partial charge in [0.05, 0.1) is 0 Å². The molecule has 21 heavy (non-hydrogen) atoms. The molecule has 0 spiro atoms. The summed E-state index contributed by atoms with van der Waals surface area (Å²) in [6.07, 6.45) is 3.12. The Hall–Kier alpha value is -1.10. The third kappa shape index (κ3) is 3.57. The van der Waals surface area contributed by atoms with E-state index in [1.807, 2.05) is 6.20 Å². The van der Waals surface area contributed by atoms with Gasteiger partial charge in [0, 0.05) is 29.6 Å². The molecule has 1 aromatic carbocycles. The van der Waals surface area contributed by atoms with E-state index in [-0.39, 0.29) is 17.8 Å². The number of thiazole rings is 1. The summed E-state index contributed by atoms with van der Waals surface area (Å²) < 4.78 is 0. The number of aromatic nitrogens is 1. The number of hydrogen-bond acceptors (Lipinski definition) is 4. The minimum Gasteiger partial charge on any atom is -0.375 e. The second kappa shape index (κ2) is 6.34. The van der Waals surface area contributed by atoms with Gasteiger partial charge in [0.1, 0.15) is 0 Å². The Kier molecular flexibility index (Phi) is 4.91. The molecule has 2 aromatic rings. The van der Waals surface area contributed by atoms with Gasteiger partial charge in [0.25, 0.3) is 0 Å². The summed E-state index contributed by atoms with van der Waals surface area (Å²) in [6, 6.07) is 8.99. The van der Waals surface area contributed by atoms with Crippen LogP contribution in [0.5, 0.6) is 0 Å². The minimum absolute atomic E-state index is 0. The molecule has 1 saturated heterocycles. The summed E-state index contributed by atoms with van der Waals surface area (Å²) in [5.74, 6) is 0. The van der Waals surface area contributed by atoms with E-state index >= 15 is 0 Å². The van der Waals surface area contributed by atoms with E-state index in [0.29, 0.717) is 5.13 Å². The largest absolute Gasteiger partial charge is 0.375 e. The Bertz CT molecular complexity index is 596. The molecule has 1 aliphatic rings. The van der Waals surface area contributed by atoms with Crippen LogP contribution in [0.1, 0.15) is 29.3 Å². The zero-order valence-electron chi connectivity index (χ0n) is 12.5. The molecule has 0 saturated carbocycles. The number of anilines is 1. The zero-order valence-corrected chi connectivity index (χ0v) is 14.1. The van der Waals surface area contributed by atoms with Crippen molar-refractivity contribution in [1.29, 1.82) is 0 Å². The molecular weight excluding hydrogens is 302 g/mol. The fourth-order valence-corrected chi connectivity index (χ4v) is 3.73. The van der Waals surface area contributed by atoms with Crippen LogP contribution in [0.4, 0.5) is 5.13 Å². The zero-order chi connectivity index (χ0) is 14.2. The Morgan fingerprint density at radius 2 is 2.05 bits per heavy atom. The fourth-order valence-electron chi connectivity index (χ4n) is 3.00. The highest BCUT2D eigenvalue weighted by molar-refractivity contribution is 7.15. The maximum atomic E-state index is 5.70. The van der Waals surface area contributed by atoms with E-state index in [0.717, 1.165) is 19.6 Å². The quantitative estimate of drug-likeness (QED) is 0.938. The molecule has 1 atom stereocenters. The number of nitrogens with zero attached hydrogens (tertiary/aromatic N) is 2. The number of benzene rings is 1. The maximum Gasteiger partial charge on any atom is 0.180 e. The molecule has 0 bridgehead atoms. The number of nitrogens with two attached hydrogens (primary N) is 1. The van der Waals surface area contributed by atoms with E-state index in [9.17, 15) is 0 Å². The summed E-state index contributed by atoms with van der Waals surface area (Å²) in [4.78, 5) is 7.90. The van der Waals surface area contributed by atoms with Crippen molar-refractivity contribution in [2.75, 3.05) is 18.8 Å². The topological polar surface area (TPSA) is 42.2 Å². The first kappa shape index (κ1) is 16.3. The molecule has 5 heteroatoms. The molecule has 3 nitrogen and oxygen atoms in total. The average molecular weight is 324 g/mol. The number of rotatable bonds is 3. The summed E-state index contributed by atoms with van der Waals surface area (Å²) >= 11 is 1.60. The van der Waals surface area contributed by atoms with Gasteiger partial charge in [-0.05, 0) is 25.5 Å². The van der Waals surface area contributed by atoms with Crippen molar-refractivity contribution in [3.63, 3.8) is 0 Å². The van der Waals surface area contributed by atoms with Crippen molar-refractivity contribution < 1.29 is 0 Å². The molecule has 0 radical (unpaired) electrons. The molecular formula is C16H22ClN3S. The van der Waals surface area contributed by atoms with Gasteiger partial charge in [-0.2, -0.15) is 0 Å². The van der Waals surface area contributed by atoms with Gasteiger partial charge in [-0.1, -0.05) is 36.8 Å². The van der Waals surface area contributed by atoms with Crippen molar-refractivity contribution in [2.24, 2.45) is 0 Å². The molecule has 1 aliphatic heterocycles. The predicted octanol–water partition coefficient (Wildman–Crippen LogP) is 3.62. The van der Waals surface area contributed by atoms with Gasteiger partial charge in [-0.3, -0.25) is 4.90 Å². The minimum atomic E-state index is 0. The Labute approximate surface area is 136 Å². The smallest absolute Gasteiger partial charge is 0.180 e. The van der Waals surface area contributed by atoms with Crippen LogP contribution >= 0.6 is 23.7 Å². The van der Waals surface area contributed by atoms with Gasteiger partial charge in [0.2, 0.25) is 0 Å². The van der Waals surface area contributed by atoms with E-state index in [1.54, 1.807) is 11.3 Å². The van der Waals surface area contributed by atoms with Gasteiger partial charge in [-0.15, -0.1) is 23.7 Å². The third-order valence-electron chi connectivity index (χ3n) is 4.25. The standard InChI is InChI=1S/C16H21N3S.ClH/c1-12-3-5-13(6-4-12)16(2)7-8-19(11-16)10-14-9-18-15(17)20-14;/h3-6,9H,7-8,10-11H2,1-2H3,(H2,17,18);1H. The first-order valence-corrected chi connectivity index (χ1v) is 7.86. The summed E-state index contributed by atoms with van der Waals surface area (Å²) in [7, 11) is 0. The normalized spacial score (nSPS) is 22.2. The lowest BCUT2D eigenvalue weighted by Crippen LogP contribution is -2.27. The molecule has 1 unspecified atom stereocenters. The molecule has 1 aromatic heterocycles. The average Bonchev–Trinajstić information content (AvgIpc) is 2.98. The van der Waals surface area contributed by atoms with Crippen LogP contribution in [-0.4, -0.2) is 23.0 Å². The molecule has 0 aliphatic carbocycles. The van der Waals surface area contributed by atoms with Crippen LogP contribution in [-0.2, 0) is 12.0 Å². The third-order valence-corrected chi connectivity index (χ3v) is 5.06. The number of nitrogen functional groups attached to an aromatic ring is 1. The summed E-state index contributed by atoms with van der Waals surface area (Å²) in [5, 5.41) is 0.667. The highest BCUT2D eigenvalue weighted by Crippen LogP contribution is 2.35. The Morgan fingerprint density at radius 3 is 2.67 bits per heavy atom. The fraction of sp³-hybridized carbons (Fsp3) is 0.438. The number of hydrogen-bond donors (Lipinski definition) is 1. The van der Waals surface area contributed by atoms with Crippen molar-refractivity contribution in [1.82, 2.24) is 9.88 Å². The second-order valence-electron chi connectivity index (χ2n) is 6.05. The number of halogens is 1. The lowest BCUT2D eigenvalue weighted by molar-refractivity contribution is 0.311. The molecule has 2 N–H and O–H groups in total. The van der Waals surface area contributed by atoms with Crippen LogP contribution in [0, 0.1) is 6.92 Å². The molecule has 0 amide bonds. The van der Waals surface area contributed by atoms with Gasteiger partial charge in [0.15, 0.2) is 5.13 Å². The lowest BCUT2D eigenvalue weighted by atomic mass is 9.81. The lowest BCUT2D eigenvalue weighted by Gasteiger charge is -2.25. The van der Waals surface area contributed by atoms with Gasteiger partial charge in [-0.25, -0.2) is 4.98 Å². The summed E-state index contributed by atoms with van der Waals surface area (Å²) in [6.45, 7) is 7.73. The molecule has 1 fully saturated rings. The number of aryl methyl sites for hydroxylation is 1. The first-order valence-electron chi connectivity index (χ1n) is 7.05. The Morgan fingerprint density at radius 1 is 1.33 bits per heavy atom.